The van der Waals surface area contributed by atoms with Gasteiger partial charge < -0.3 is 0 Å². The minimum Gasteiger partial charge on any atom is -0.228 e. The molecule has 1 heterocycles. The molecule has 52 heavy (non-hydrogen) atoms. The van der Waals surface area contributed by atoms with Crippen molar-refractivity contribution in [1.82, 2.24) is 9.97 Å². The molecule has 0 aliphatic heterocycles. The lowest BCUT2D eigenvalue weighted by molar-refractivity contribution is 0.353. The number of rotatable bonds is 5. The molecule has 8 aromatic rings. The fourth-order valence-corrected chi connectivity index (χ4v) is 9.03. The van der Waals surface area contributed by atoms with Gasteiger partial charge in [-0.15, -0.1) is 0 Å². The minimum atomic E-state index is 0.0598. The van der Waals surface area contributed by atoms with Gasteiger partial charge in [-0.05, 0) is 92.4 Å². The van der Waals surface area contributed by atoms with Crippen LogP contribution in [0.5, 0.6) is 0 Å². The van der Waals surface area contributed by atoms with Crippen LogP contribution in [0.1, 0.15) is 43.2 Å². The van der Waals surface area contributed by atoms with Gasteiger partial charge in [0.2, 0.25) is 0 Å². The summed E-state index contributed by atoms with van der Waals surface area (Å²) in [7, 11) is 0. The first-order valence-electron chi connectivity index (χ1n) is 18.6. The predicted molar refractivity (Wildman–Crippen MR) is 216 cm³/mol. The summed E-state index contributed by atoms with van der Waals surface area (Å²) in [5.74, 6) is 0.726. The monoisotopic (exact) mass is 666 g/mol. The van der Waals surface area contributed by atoms with E-state index in [1.165, 1.54) is 87.4 Å². The van der Waals surface area contributed by atoms with Gasteiger partial charge >= 0.3 is 0 Å². The van der Waals surface area contributed by atoms with Crippen molar-refractivity contribution in [2.24, 2.45) is 0 Å². The van der Waals surface area contributed by atoms with Gasteiger partial charge in [-0.25, -0.2) is 9.97 Å². The second-order valence-corrected chi connectivity index (χ2v) is 14.4. The van der Waals surface area contributed by atoms with Crippen LogP contribution in [0, 0.1) is 0 Å². The van der Waals surface area contributed by atoms with Crippen LogP contribution in [0.4, 0.5) is 0 Å². The molecule has 2 aliphatic carbocycles. The first kappa shape index (κ1) is 30.7. The summed E-state index contributed by atoms with van der Waals surface area (Å²) >= 11 is 0. The van der Waals surface area contributed by atoms with Crippen molar-refractivity contribution < 1.29 is 0 Å². The Morgan fingerprint density at radius 3 is 1.75 bits per heavy atom. The van der Waals surface area contributed by atoms with Crippen LogP contribution >= 0.6 is 0 Å². The maximum absolute atomic E-state index is 5.32. The summed E-state index contributed by atoms with van der Waals surface area (Å²) in [4.78, 5) is 10.5. The average molecular weight is 667 g/mol. The molecule has 10 rings (SSSR count). The number of hydrogen-bond donors (Lipinski definition) is 0. The maximum Gasteiger partial charge on any atom is 0.160 e. The summed E-state index contributed by atoms with van der Waals surface area (Å²) < 4.78 is 0. The van der Waals surface area contributed by atoms with Crippen molar-refractivity contribution in [3.05, 3.63) is 181 Å². The first-order chi connectivity index (χ1) is 25.7. The van der Waals surface area contributed by atoms with Gasteiger partial charge in [0.15, 0.2) is 5.82 Å². The van der Waals surface area contributed by atoms with Gasteiger partial charge in [0.1, 0.15) is 0 Å². The highest BCUT2D eigenvalue weighted by atomic mass is 14.9. The Labute approximate surface area is 305 Å². The van der Waals surface area contributed by atoms with Gasteiger partial charge in [-0.3, -0.25) is 0 Å². The number of aromatic nitrogens is 2. The molecule has 0 N–H and O–H groups in total. The Kier molecular flexibility index (Phi) is 7.42. The van der Waals surface area contributed by atoms with E-state index in [0.717, 1.165) is 33.9 Å². The molecular formula is C50H38N2. The topological polar surface area (TPSA) is 25.8 Å². The van der Waals surface area contributed by atoms with Gasteiger partial charge in [0.05, 0.1) is 11.4 Å². The van der Waals surface area contributed by atoms with Crippen molar-refractivity contribution >= 4 is 10.8 Å². The molecule has 1 aromatic heterocycles. The van der Waals surface area contributed by atoms with Crippen LogP contribution in [-0.2, 0) is 5.41 Å². The van der Waals surface area contributed by atoms with Crippen LogP contribution in [0.3, 0.4) is 0 Å². The van der Waals surface area contributed by atoms with Gasteiger partial charge in [0.25, 0.3) is 0 Å². The highest BCUT2D eigenvalue weighted by Crippen LogP contribution is 2.59. The summed E-state index contributed by atoms with van der Waals surface area (Å²) in [5.41, 5.74) is 15.7. The van der Waals surface area contributed by atoms with E-state index in [1.807, 2.05) is 6.07 Å². The molecular weight excluding hydrogens is 629 g/mol. The molecule has 2 nitrogen and oxygen atoms in total. The SMILES string of the molecule is c1ccc(-c2cccc(-c3cc(-c4ccccc4-c4cccc5c4-c4cc6ccccc6cc4C54CCCCC4)nc(-c4ccccc4)n3)c2)cc1. The summed E-state index contributed by atoms with van der Waals surface area (Å²) in [6, 6.07) is 61.6. The Balaban J connectivity index is 1.19. The van der Waals surface area contributed by atoms with Crippen molar-refractivity contribution in [2.75, 3.05) is 0 Å². The molecule has 0 atom stereocenters. The fraction of sp³-hybridized carbons (Fsp3) is 0.120. The maximum atomic E-state index is 5.32. The molecule has 0 radical (unpaired) electrons. The summed E-state index contributed by atoms with van der Waals surface area (Å²) in [6.45, 7) is 0. The lowest BCUT2D eigenvalue weighted by Gasteiger charge is -2.36. The Morgan fingerprint density at radius 2 is 0.962 bits per heavy atom. The molecule has 7 aromatic carbocycles. The van der Waals surface area contributed by atoms with Gasteiger partial charge in [-0.2, -0.15) is 0 Å². The molecule has 0 bridgehead atoms. The number of benzene rings is 7. The normalized spacial score (nSPS) is 14.3. The quantitative estimate of drug-likeness (QED) is 0.183. The van der Waals surface area contributed by atoms with E-state index in [0.29, 0.717) is 0 Å². The number of fused-ring (bicyclic) bond motifs is 6. The van der Waals surface area contributed by atoms with Crippen LogP contribution in [0.25, 0.3) is 78.1 Å². The van der Waals surface area contributed by atoms with E-state index >= 15 is 0 Å². The van der Waals surface area contributed by atoms with Crippen LogP contribution in [-0.4, -0.2) is 9.97 Å². The van der Waals surface area contributed by atoms with E-state index in [9.17, 15) is 0 Å². The lowest BCUT2D eigenvalue weighted by atomic mass is 9.67. The molecule has 1 fully saturated rings. The zero-order chi connectivity index (χ0) is 34.5. The molecule has 0 saturated heterocycles. The van der Waals surface area contributed by atoms with Gasteiger partial charge in [-0.1, -0.05) is 165 Å². The van der Waals surface area contributed by atoms with Crippen molar-refractivity contribution in [3.8, 4) is 67.3 Å². The predicted octanol–water partition coefficient (Wildman–Crippen LogP) is 13.2. The van der Waals surface area contributed by atoms with E-state index < -0.39 is 0 Å². The van der Waals surface area contributed by atoms with Crippen molar-refractivity contribution in [3.63, 3.8) is 0 Å². The zero-order valence-electron chi connectivity index (χ0n) is 29.1. The standard InChI is InChI=1S/C50H38N2/c1-4-16-34(17-5-1)36-22-14-23-39(30-36)46-33-47(52-49(51-46)35-18-6-2-7-19-35)41-25-11-10-24-40(41)42-26-15-27-44-48(42)43-31-37-20-8-9-21-38(37)32-45(43)50(44)28-12-3-13-29-50/h1-2,4-11,14-27,30-33H,3,12-13,28-29H2. The first-order valence-corrected chi connectivity index (χ1v) is 18.6. The molecule has 2 aliphatic rings. The number of nitrogens with zero attached hydrogens (tertiary/aromatic N) is 2. The highest BCUT2D eigenvalue weighted by Gasteiger charge is 2.44. The Hall–Kier alpha value is -6.12. The third-order valence-corrected chi connectivity index (χ3v) is 11.5. The molecule has 0 amide bonds. The van der Waals surface area contributed by atoms with E-state index in [-0.39, 0.29) is 5.41 Å². The number of hydrogen-bond acceptors (Lipinski definition) is 2. The van der Waals surface area contributed by atoms with Crippen molar-refractivity contribution in [2.45, 2.75) is 37.5 Å². The van der Waals surface area contributed by atoms with E-state index in [1.54, 1.807) is 0 Å². The smallest absolute Gasteiger partial charge is 0.160 e. The largest absolute Gasteiger partial charge is 0.228 e. The molecule has 0 unspecified atom stereocenters. The zero-order valence-corrected chi connectivity index (χ0v) is 29.1. The Morgan fingerprint density at radius 1 is 0.365 bits per heavy atom. The highest BCUT2D eigenvalue weighted by molar-refractivity contribution is 6.01. The van der Waals surface area contributed by atoms with E-state index in [4.69, 9.17) is 9.97 Å². The molecule has 2 heteroatoms. The third kappa shape index (κ3) is 5.09. The third-order valence-electron chi connectivity index (χ3n) is 11.5. The van der Waals surface area contributed by atoms with E-state index in [2.05, 4.69) is 164 Å². The second-order valence-electron chi connectivity index (χ2n) is 14.4. The van der Waals surface area contributed by atoms with Gasteiger partial charge in [0, 0.05) is 22.1 Å². The van der Waals surface area contributed by atoms with Crippen molar-refractivity contribution in [1.29, 1.82) is 0 Å². The fourth-order valence-electron chi connectivity index (χ4n) is 9.03. The molecule has 1 saturated carbocycles. The summed E-state index contributed by atoms with van der Waals surface area (Å²) in [6.07, 6.45) is 6.26. The van der Waals surface area contributed by atoms with Crippen LogP contribution in [0.15, 0.2) is 170 Å². The van der Waals surface area contributed by atoms with Crippen LogP contribution < -0.4 is 0 Å². The lowest BCUT2D eigenvalue weighted by Crippen LogP contribution is -2.28. The Bertz CT molecular complexity index is 2600. The molecule has 248 valence electrons. The average Bonchev–Trinajstić information content (AvgIpc) is 3.48. The molecule has 1 spiro atoms. The minimum absolute atomic E-state index is 0.0598. The summed E-state index contributed by atoms with van der Waals surface area (Å²) in [5, 5.41) is 2.63. The second kappa shape index (κ2) is 12.6. The van der Waals surface area contributed by atoms with Crippen LogP contribution in [0.2, 0.25) is 0 Å².